The number of carbonyl (C=O) groups is 2. The summed E-state index contributed by atoms with van der Waals surface area (Å²) >= 11 is 12.5. The number of nitrogens with two attached hydrogens (primary N) is 1. The van der Waals surface area contributed by atoms with Crippen LogP contribution < -0.4 is 15.8 Å². The van der Waals surface area contributed by atoms with Gasteiger partial charge in [0.25, 0.3) is 5.91 Å². The molecule has 1 aliphatic heterocycles. The first-order chi connectivity index (χ1) is 19.3. The van der Waals surface area contributed by atoms with Gasteiger partial charge in [0.2, 0.25) is 0 Å². The molecular formula is C28H23Cl2N5O5. The van der Waals surface area contributed by atoms with E-state index in [1.165, 1.54) is 23.4 Å². The normalized spacial score (nSPS) is 14.2. The van der Waals surface area contributed by atoms with Crippen LogP contribution in [0.3, 0.4) is 0 Å². The molecule has 1 unspecified atom stereocenters. The molecule has 5 rings (SSSR count). The molecule has 10 nitrogen and oxygen atoms in total. The van der Waals surface area contributed by atoms with Gasteiger partial charge in [-0.3, -0.25) is 9.59 Å². The fourth-order valence-electron chi connectivity index (χ4n) is 4.30. The molecule has 1 aliphatic rings. The second-order valence-corrected chi connectivity index (χ2v) is 9.52. The molecule has 12 heteroatoms. The molecule has 0 radical (unpaired) electrons. The molecule has 3 N–H and O–H groups in total. The number of methoxy groups -OCH3 is 1. The Bertz CT molecular complexity index is 1580. The zero-order valence-electron chi connectivity index (χ0n) is 21.1. The average molecular weight is 580 g/mol. The molecule has 1 atom stereocenters. The van der Waals surface area contributed by atoms with Gasteiger partial charge in [-0.15, -0.1) is 0 Å². The third-order valence-electron chi connectivity index (χ3n) is 6.31. The molecule has 0 fully saturated rings. The number of nitrogens with zero attached hydrogens (tertiary/aromatic N) is 3. The lowest BCUT2D eigenvalue weighted by Crippen LogP contribution is -2.61. The summed E-state index contributed by atoms with van der Waals surface area (Å²) in [5.41, 5.74) is 7.81. The molecular weight excluding hydrogens is 557 g/mol. The maximum absolute atomic E-state index is 13.7. The number of ether oxygens (including phenoxy) is 3. The number of nitrogens with one attached hydrogen (secondary N) is 1. The highest BCUT2D eigenvalue weighted by Crippen LogP contribution is 2.33. The lowest BCUT2D eigenvalue weighted by molar-refractivity contribution is -0.182. The van der Waals surface area contributed by atoms with Crippen LogP contribution in [0.1, 0.15) is 15.9 Å². The number of hydrogen-bond donors (Lipinski definition) is 2. The number of rotatable bonds is 9. The van der Waals surface area contributed by atoms with Crippen molar-refractivity contribution in [3.05, 3.63) is 107 Å². The maximum atomic E-state index is 13.7. The van der Waals surface area contributed by atoms with Crippen LogP contribution in [0.15, 0.2) is 85.6 Å². The number of hydrogen-bond acceptors (Lipinski definition) is 7. The van der Waals surface area contributed by atoms with E-state index in [-0.39, 0.29) is 17.8 Å². The Labute approximate surface area is 239 Å². The van der Waals surface area contributed by atoms with Crippen LogP contribution in [0.2, 0.25) is 10.0 Å². The third-order valence-corrected chi connectivity index (χ3v) is 7.13. The maximum Gasteiger partial charge on any atom is 0.352 e. The monoisotopic (exact) mass is 579 g/mol. The molecule has 0 bridgehead atoms. The average Bonchev–Trinajstić information content (AvgIpc) is 3.66. The number of benzene rings is 2. The van der Waals surface area contributed by atoms with Crippen molar-refractivity contribution in [3.63, 3.8) is 0 Å². The lowest BCUT2D eigenvalue weighted by Gasteiger charge is -2.33. The fraction of sp³-hybridized carbons (Fsp3) is 0.143. The summed E-state index contributed by atoms with van der Waals surface area (Å²) in [6.45, 7) is 0. The molecule has 4 aromatic rings. The van der Waals surface area contributed by atoms with Crippen molar-refractivity contribution in [1.82, 2.24) is 20.1 Å². The first-order valence-corrected chi connectivity index (χ1v) is 12.8. The van der Waals surface area contributed by atoms with Crippen molar-refractivity contribution in [2.45, 2.75) is 18.2 Å². The smallest absolute Gasteiger partial charge is 0.352 e. The number of amides is 2. The summed E-state index contributed by atoms with van der Waals surface area (Å²) in [5.74, 6) is -2.52. The third kappa shape index (κ3) is 5.18. The van der Waals surface area contributed by atoms with Crippen molar-refractivity contribution >= 4 is 35.0 Å². The second kappa shape index (κ2) is 11.3. The Morgan fingerprint density at radius 3 is 2.52 bits per heavy atom. The van der Waals surface area contributed by atoms with Gasteiger partial charge in [0.15, 0.2) is 5.82 Å². The van der Waals surface area contributed by atoms with Gasteiger partial charge in [0.1, 0.15) is 24.3 Å². The Balaban J connectivity index is 1.47. The molecule has 2 amide bonds. The van der Waals surface area contributed by atoms with Crippen LogP contribution in [0.4, 0.5) is 0 Å². The Morgan fingerprint density at radius 2 is 1.82 bits per heavy atom. The van der Waals surface area contributed by atoms with E-state index in [4.69, 9.17) is 43.1 Å². The molecule has 0 aliphatic carbocycles. The summed E-state index contributed by atoms with van der Waals surface area (Å²) in [6, 6.07) is 16.3. The van der Waals surface area contributed by atoms with Crippen LogP contribution in [0.25, 0.3) is 17.1 Å². The van der Waals surface area contributed by atoms with Crippen molar-refractivity contribution in [2.75, 3.05) is 7.11 Å². The Morgan fingerprint density at radius 1 is 1.07 bits per heavy atom. The highest BCUT2D eigenvalue weighted by atomic mass is 35.5. The Kier molecular flexibility index (Phi) is 7.63. The number of primary amides is 1. The minimum Gasteiger partial charge on any atom is -0.497 e. The molecule has 2 aromatic heterocycles. The first-order valence-electron chi connectivity index (χ1n) is 12.0. The van der Waals surface area contributed by atoms with Crippen LogP contribution in [0, 0.1) is 0 Å². The van der Waals surface area contributed by atoms with Gasteiger partial charge >= 0.3 is 11.7 Å². The van der Waals surface area contributed by atoms with Crippen molar-refractivity contribution in [3.8, 4) is 22.8 Å². The number of aromatic nitrogens is 3. The molecule has 0 saturated heterocycles. The quantitative estimate of drug-likeness (QED) is 0.302. The van der Waals surface area contributed by atoms with Gasteiger partial charge in [-0.1, -0.05) is 47.5 Å². The summed E-state index contributed by atoms with van der Waals surface area (Å²) in [5, 5.41) is 8.17. The fourth-order valence-corrected chi connectivity index (χ4v) is 4.69. The van der Waals surface area contributed by atoms with Crippen LogP contribution >= 0.6 is 23.2 Å². The summed E-state index contributed by atoms with van der Waals surface area (Å²) < 4.78 is 17.7. The molecule has 3 heterocycles. The number of pyridine rings is 1. The van der Waals surface area contributed by atoms with Crippen molar-refractivity contribution < 1.29 is 23.8 Å². The second-order valence-electron chi connectivity index (χ2n) is 8.74. The van der Waals surface area contributed by atoms with E-state index in [1.54, 1.807) is 74.0 Å². The van der Waals surface area contributed by atoms with E-state index < -0.39 is 23.6 Å². The predicted molar refractivity (Wildman–Crippen MR) is 148 cm³/mol. The molecule has 0 spiro atoms. The minimum absolute atomic E-state index is 0.148. The van der Waals surface area contributed by atoms with Gasteiger partial charge in [-0.25, -0.2) is 9.67 Å². The van der Waals surface area contributed by atoms with E-state index in [0.29, 0.717) is 27.1 Å². The van der Waals surface area contributed by atoms with E-state index in [0.717, 1.165) is 5.56 Å². The Hall–Kier alpha value is -4.54. The summed E-state index contributed by atoms with van der Waals surface area (Å²) in [7, 11) is 1.56. The van der Waals surface area contributed by atoms with E-state index >= 15 is 0 Å². The highest BCUT2D eigenvalue weighted by molar-refractivity contribution is 6.43. The highest BCUT2D eigenvalue weighted by Gasteiger charge is 2.51. The molecule has 2 aromatic carbocycles. The van der Waals surface area contributed by atoms with Gasteiger partial charge in [0, 0.05) is 24.4 Å². The van der Waals surface area contributed by atoms with Gasteiger partial charge in [0.05, 0.1) is 28.4 Å². The zero-order valence-corrected chi connectivity index (χ0v) is 22.6. The van der Waals surface area contributed by atoms with Crippen molar-refractivity contribution in [2.24, 2.45) is 5.73 Å². The predicted octanol–water partition coefficient (Wildman–Crippen LogP) is 4.29. The van der Waals surface area contributed by atoms with Crippen LogP contribution in [-0.4, -0.2) is 45.5 Å². The lowest BCUT2D eigenvalue weighted by atomic mass is 9.97. The summed E-state index contributed by atoms with van der Waals surface area (Å²) in [6.07, 6.45) is 5.75. The molecule has 204 valence electrons. The van der Waals surface area contributed by atoms with E-state index in [1.807, 2.05) is 0 Å². The van der Waals surface area contributed by atoms with Crippen molar-refractivity contribution in [1.29, 1.82) is 0 Å². The van der Waals surface area contributed by atoms with Gasteiger partial charge < -0.3 is 25.3 Å². The number of halogens is 2. The molecule has 0 saturated carbocycles. The minimum atomic E-state index is -1.96. The van der Waals surface area contributed by atoms with Gasteiger partial charge in [-0.05, 0) is 42.0 Å². The first kappa shape index (κ1) is 27.0. The largest absolute Gasteiger partial charge is 0.497 e. The number of carbonyl (C=O) groups excluding carboxylic acids is 2. The summed E-state index contributed by atoms with van der Waals surface area (Å²) in [4.78, 5) is 30.6. The SMILES string of the molecule is COc1ccc(CC(NC(=O)c2cccnc2-n2ccc(-c3cccc(Cl)c3Cl)n2)C2(C(N)=O)OC=CO2)cc1. The van der Waals surface area contributed by atoms with E-state index in [9.17, 15) is 9.59 Å². The van der Waals surface area contributed by atoms with Crippen LogP contribution in [0.5, 0.6) is 5.75 Å². The topological polar surface area (TPSA) is 131 Å². The standard InChI is InChI=1S/C28H23Cl2N5O5/c1-38-18-9-7-17(8-10-18)16-23(28(27(31)37)39-14-15-40-28)33-26(36)20-5-3-12-32-25(20)35-13-11-22(34-35)19-4-2-6-21(29)24(19)30/h2-15,23H,16H2,1H3,(H2,31,37)(H,33,36). The molecule has 40 heavy (non-hydrogen) atoms. The van der Waals surface area contributed by atoms with E-state index in [2.05, 4.69) is 15.4 Å². The van der Waals surface area contributed by atoms with Gasteiger partial charge in [-0.2, -0.15) is 5.10 Å². The zero-order chi connectivity index (χ0) is 28.3. The van der Waals surface area contributed by atoms with Crippen LogP contribution in [-0.2, 0) is 20.7 Å².